The topological polar surface area (TPSA) is 64.0 Å². The smallest absolute Gasteiger partial charge is 0.254 e. The molecule has 1 aliphatic heterocycles. The second-order valence-electron chi connectivity index (χ2n) is 4.91. The van der Waals surface area contributed by atoms with Crippen LogP contribution in [0, 0.1) is 5.92 Å². The van der Waals surface area contributed by atoms with E-state index in [-0.39, 0.29) is 17.4 Å². The number of hydrogen-bond donors (Lipinski definition) is 1. The molecule has 0 spiro atoms. The van der Waals surface area contributed by atoms with E-state index in [1.54, 1.807) is 16.3 Å². The lowest BCUT2D eigenvalue weighted by Crippen LogP contribution is -2.36. The van der Waals surface area contributed by atoms with E-state index >= 15 is 0 Å². The number of thioether (sulfide) groups is 2. The molecule has 0 fully saturated rings. The molecule has 0 saturated carbocycles. The molecule has 114 valence electrons. The zero-order valence-corrected chi connectivity index (χ0v) is 13.6. The molecule has 7 heteroatoms. The van der Waals surface area contributed by atoms with Gasteiger partial charge in [0.05, 0.1) is 5.92 Å². The average molecular weight is 333 g/mol. The molecule has 1 atom stereocenters. The summed E-state index contributed by atoms with van der Waals surface area (Å²) in [5, 5.41) is 3.62. The maximum Gasteiger partial charge on any atom is 0.254 e. The van der Waals surface area contributed by atoms with Gasteiger partial charge in [-0.15, -0.1) is 11.8 Å². The van der Waals surface area contributed by atoms with E-state index in [9.17, 15) is 9.59 Å². The van der Waals surface area contributed by atoms with Crippen LogP contribution in [-0.4, -0.2) is 27.5 Å². The van der Waals surface area contributed by atoms with Gasteiger partial charge >= 0.3 is 0 Å². The van der Waals surface area contributed by atoms with Gasteiger partial charge in [0.1, 0.15) is 0 Å². The Hall–Kier alpha value is -1.73. The molecular formula is C15H15N3O2S2. The quantitative estimate of drug-likeness (QED) is 0.690. The highest BCUT2D eigenvalue weighted by Crippen LogP contribution is 2.26. The first-order valence-corrected chi connectivity index (χ1v) is 9.02. The van der Waals surface area contributed by atoms with Gasteiger partial charge in [0.2, 0.25) is 5.91 Å². The molecule has 5 nitrogen and oxygen atoms in total. The fraction of sp³-hybridized carbons (Fsp3) is 0.267. The Bertz CT molecular complexity index is 760. The van der Waals surface area contributed by atoms with E-state index in [1.807, 2.05) is 30.5 Å². The maximum absolute atomic E-state index is 12.4. The van der Waals surface area contributed by atoms with Crippen molar-refractivity contribution < 1.29 is 4.79 Å². The predicted octanol–water partition coefficient (Wildman–Crippen LogP) is 2.33. The standard InChI is InChI=1S/C15H15N3O2S2/c1-21-12-4-2-3-11(7-12)17-14(20)10-8-18-13(19)5-6-16-15(18)22-9-10/h2-7,10H,8-9H2,1H3,(H,17,20). The maximum atomic E-state index is 12.4. The van der Waals surface area contributed by atoms with Crippen molar-refractivity contribution in [2.45, 2.75) is 16.6 Å². The number of nitrogens with one attached hydrogen (secondary N) is 1. The average Bonchev–Trinajstić information content (AvgIpc) is 2.55. The van der Waals surface area contributed by atoms with E-state index in [0.29, 0.717) is 17.5 Å². The fourth-order valence-corrected chi connectivity index (χ4v) is 3.78. The molecule has 0 saturated heterocycles. The van der Waals surface area contributed by atoms with E-state index in [4.69, 9.17) is 0 Å². The first-order chi connectivity index (χ1) is 10.7. The van der Waals surface area contributed by atoms with Gasteiger partial charge in [0, 0.05) is 35.1 Å². The highest BCUT2D eigenvalue weighted by atomic mass is 32.2. The zero-order chi connectivity index (χ0) is 15.5. The summed E-state index contributed by atoms with van der Waals surface area (Å²) < 4.78 is 1.57. The third-order valence-corrected chi connectivity index (χ3v) is 5.30. The molecule has 1 aromatic heterocycles. The SMILES string of the molecule is CSc1cccc(NC(=O)C2CSc3nccc(=O)n3C2)c1. The van der Waals surface area contributed by atoms with Crippen LogP contribution in [-0.2, 0) is 11.3 Å². The van der Waals surface area contributed by atoms with Crippen LogP contribution in [0.4, 0.5) is 5.69 Å². The third kappa shape index (κ3) is 3.20. The molecule has 1 amide bonds. The Morgan fingerprint density at radius 1 is 1.45 bits per heavy atom. The number of nitrogens with zero attached hydrogens (tertiary/aromatic N) is 2. The first-order valence-electron chi connectivity index (χ1n) is 6.81. The first kappa shape index (κ1) is 15.2. The summed E-state index contributed by atoms with van der Waals surface area (Å²) in [5.74, 6) is 0.328. The summed E-state index contributed by atoms with van der Waals surface area (Å²) in [6.45, 7) is 0.378. The zero-order valence-electron chi connectivity index (χ0n) is 12.0. The number of carbonyl (C=O) groups excluding carboxylic acids is 1. The molecule has 2 heterocycles. The van der Waals surface area contributed by atoms with Crippen LogP contribution >= 0.6 is 23.5 Å². The van der Waals surface area contributed by atoms with Crippen molar-refractivity contribution in [1.82, 2.24) is 9.55 Å². The number of rotatable bonds is 3. The van der Waals surface area contributed by atoms with Crippen LogP contribution in [0.3, 0.4) is 0 Å². The van der Waals surface area contributed by atoms with Gasteiger partial charge in [-0.25, -0.2) is 4.98 Å². The minimum Gasteiger partial charge on any atom is -0.326 e. The normalized spacial score (nSPS) is 16.9. The van der Waals surface area contributed by atoms with Crippen molar-refractivity contribution in [3.63, 3.8) is 0 Å². The van der Waals surface area contributed by atoms with Gasteiger partial charge in [-0.05, 0) is 24.5 Å². The minimum absolute atomic E-state index is 0.0628. The van der Waals surface area contributed by atoms with Crippen LogP contribution in [0.5, 0.6) is 0 Å². The molecule has 0 radical (unpaired) electrons. The molecule has 0 aliphatic carbocycles. The number of anilines is 1. The Labute approximate surface area is 136 Å². The van der Waals surface area contributed by atoms with E-state index in [0.717, 1.165) is 10.6 Å². The molecule has 22 heavy (non-hydrogen) atoms. The lowest BCUT2D eigenvalue weighted by Gasteiger charge is -2.23. The van der Waals surface area contributed by atoms with Crippen molar-refractivity contribution >= 4 is 35.1 Å². The number of benzene rings is 1. The van der Waals surface area contributed by atoms with Gasteiger partial charge < -0.3 is 5.32 Å². The molecule has 0 bridgehead atoms. The van der Waals surface area contributed by atoms with Gasteiger partial charge in [0.15, 0.2) is 5.16 Å². The molecular weight excluding hydrogens is 318 g/mol. The molecule has 1 N–H and O–H groups in total. The van der Waals surface area contributed by atoms with Crippen LogP contribution in [0.25, 0.3) is 0 Å². The Morgan fingerprint density at radius 3 is 3.14 bits per heavy atom. The summed E-state index contributed by atoms with van der Waals surface area (Å²) in [7, 11) is 0. The summed E-state index contributed by atoms with van der Waals surface area (Å²) in [6, 6.07) is 9.15. The Morgan fingerprint density at radius 2 is 2.32 bits per heavy atom. The predicted molar refractivity (Wildman–Crippen MR) is 89.6 cm³/mol. The Kier molecular flexibility index (Phi) is 4.54. The van der Waals surface area contributed by atoms with E-state index < -0.39 is 0 Å². The largest absolute Gasteiger partial charge is 0.326 e. The number of carbonyl (C=O) groups is 1. The number of hydrogen-bond acceptors (Lipinski definition) is 5. The van der Waals surface area contributed by atoms with Crippen LogP contribution in [0.15, 0.2) is 51.4 Å². The minimum atomic E-state index is -0.239. The van der Waals surface area contributed by atoms with E-state index in [2.05, 4.69) is 10.3 Å². The van der Waals surface area contributed by atoms with E-state index in [1.165, 1.54) is 24.0 Å². The van der Waals surface area contributed by atoms with Crippen molar-refractivity contribution in [3.8, 4) is 0 Å². The van der Waals surface area contributed by atoms with Crippen molar-refractivity contribution in [1.29, 1.82) is 0 Å². The number of aromatic nitrogens is 2. The van der Waals surface area contributed by atoms with Gasteiger partial charge in [-0.1, -0.05) is 17.8 Å². The molecule has 1 unspecified atom stereocenters. The van der Waals surface area contributed by atoms with Gasteiger partial charge in [0.25, 0.3) is 5.56 Å². The molecule has 1 aliphatic rings. The molecule has 1 aromatic carbocycles. The number of fused-ring (bicyclic) bond motifs is 1. The highest BCUT2D eigenvalue weighted by Gasteiger charge is 2.26. The monoisotopic (exact) mass is 333 g/mol. The van der Waals surface area contributed by atoms with Crippen molar-refractivity contribution in [3.05, 3.63) is 46.9 Å². The van der Waals surface area contributed by atoms with Crippen molar-refractivity contribution in [2.24, 2.45) is 5.92 Å². The Balaban J connectivity index is 1.74. The van der Waals surface area contributed by atoms with Crippen LogP contribution < -0.4 is 10.9 Å². The van der Waals surface area contributed by atoms with Crippen LogP contribution in [0.2, 0.25) is 0 Å². The van der Waals surface area contributed by atoms with Gasteiger partial charge in [-0.2, -0.15) is 0 Å². The summed E-state index contributed by atoms with van der Waals surface area (Å²) >= 11 is 3.07. The lowest BCUT2D eigenvalue weighted by molar-refractivity contribution is -0.119. The summed E-state index contributed by atoms with van der Waals surface area (Å²) in [4.78, 5) is 29.5. The fourth-order valence-electron chi connectivity index (χ4n) is 2.25. The highest BCUT2D eigenvalue weighted by molar-refractivity contribution is 7.99. The second kappa shape index (κ2) is 6.58. The van der Waals surface area contributed by atoms with Crippen LogP contribution in [0.1, 0.15) is 0 Å². The molecule has 3 rings (SSSR count). The molecule has 2 aromatic rings. The number of amides is 1. The second-order valence-corrected chi connectivity index (χ2v) is 6.77. The lowest BCUT2D eigenvalue weighted by atomic mass is 10.1. The third-order valence-electron chi connectivity index (χ3n) is 3.42. The van der Waals surface area contributed by atoms with Gasteiger partial charge in [-0.3, -0.25) is 14.2 Å². The summed E-state index contributed by atoms with van der Waals surface area (Å²) in [5.41, 5.74) is 0.672. The van der Waals surface area contributed by atoms with Crippen molar-refractivity contribution in [2.75, 3.05) is 17.3 Å². The summed E-state index contributed by atoms with van der Waals surface area (Å²) in [6.07, 6.45) is 3.50.